The molecule has 1 saturated heterocycles. The molecule has 1 aliphatic rings. The topological polar surface area (TPSA) is 64.2 Å². The van der Waals surface area contributed by atoms with Crippen molar-refractivity contribution in [2.24, 2.45) is 0 Å². The maximum absolute atomic E-state index is 10.0. The second kappa shape index (κ2) is 5.43. The number of aliphatic hydroxyl groups is 1. The SMILES string of the molecule is Cc1cn[nH]c1C(O)NN1CCCCCC1. The molecule has 2 rings (SSSR count). The molecule has 5 heteroatoms. The lowest BCUT2D eigenvalue weighted by Crippen LogP contribution is -2.41. The normalized spacial score (nSPS) is 20.6. The fourth-order valence-electron chi connectivity index (χ4n) is 2.07. The van der Waals surface area contributed by atoms with E-state index in [1.807, 2.05) is 6.92 Å². The van der Waals surface area contributed by atoms with Crippen LogP contribution in [0.25, 0.3) is 0 Å². The standard InChI is InChI=1S/C11H20N4O/c1-9-8-12-13-10(9)11(16)14-15-6-4-2-3-5-7-15/h8,11,14,16H,2-7H2,1H3,(H,12,13). The summed E-state index contributed by atoms with van der Waals surface area (Å²) in [6.45, 7) is 3.95. The first-order valence-corrected chi connectivity index (χ1v) is 5.96. The van der Waals surface area contributed by atoms with Gasteiger partial charge in [-0.3, -0.25) is 5.10 Å². The molecule has 0 saturated carbocycles. The van der Waals surface area contributed by atoms with Gasteiger partial charge >= 0.3 is 0 Å². The molecule has 16 heavy (non-hydrogen) atoms. The van der Waals surface area contributed by atoms with Crippen molar-refractivity contribution in [2.45, 2.75) is 38.8 Å². The Hall–Kier alpha value is -0.910. The molecule has 1 aromatic rings. The van der Waals surface area contributed by atoms with Crippen molar-refractivity contribution >= 4 is 0 Å². The van der Waals surface area contributed by atoms with Crippen molar-refractivity contribution in [3.05, 3.63) is 17.5 Å². The van der Waals surface area contributed by atoms with Crippen LogP contribution in [0.2, 0.25) is 0 Å². The van der Waals surface area contributed by atoms with Crippen LogP contribution >= 0.6 is 0 Å². The molecule has 0 amide bonds. The lowest BCUT2D eigenvalue weighted by molar-refractivity contribution is 0.0324. The highest BCUT2D eigenvalue weighted by Gasteiger charge is 2.16. The van der Waals surface area contributed by atoms with Crippen LogP contribution in [0, 0.1) is 6.92 Å². The monoisotopic (exact) mass is 224 g/mol. The van der Waals surface area contributed by atoms with Gasteiger partial charge in [-0.2, -0.15) is 5.10 Å². The molecule has 1 atom stereocenters. The van der Waals surface area contributed by atoms with E-state index < -0.39 is 6.23 Å². The molecule has 1 fully saturated rings. The predicted octanol–water partition coefficient (Wildman–Crippen LogP) is 1.09. The van der Waals surface area contributed by atoms with E-state index in [0.717, 1.165) is 24.3 Å². The molecule has 5 nitrogen and oxygen atoms in total. The quantitative estimate of drug-likeness (QED) is 0.672. The van der Waals surface area contributed by atoms with Crippen LogP contribution in [0.15, 0.2) is 6.20 Å². The summed E-state index contributed by atoms with van der Waals surface area (Å²) in [6, 6.07) is 0. The highest BCUT2D eigenvalue weighted by Crippen LogP contribution is 2.14. The first kappa shape index (κ1) is 11.6. The van der Waals surface area contributed by atoms with Gasteiger partial charge in [0.05, 0.1) is 11.9 Å². The number of hydrazine groups is 1. The van der Waals surface area contributed by atoms with Crippen molar-refractivity contribution < 1.29 is 5.11 Å². The highest BCUT2D eigenvalue weighted by molar-refractivity contribution is 5.15. The van der Waals surface area contributed by atoms with Gasteiger partial charge in [0.15, 0.2) is 6.23 Å². The van der Waals surface area contributed by atoms with Gasteiger partial charge in [-0.15, -0.1) is 0 Å². The van der Waals surface area contributed by atoms with Crippen molar-refractivity contribution in [2.75, 3.05) is 13.1 Å². The molecule has 90 valence electrons. The lowest BCUT2D eigenvalue weighted by Gasteiger charge is -2.24. The largest absolute Gasteiger partial charge is 0.371 e. The fourth-order valence-corrected chi connectivity index (χ4v) is 2.07. The van der Waals surface area contributed by atoms with Gasteiger partial charge < -0.3 is 5.11 Å². The van der Waals surface area contributed by atoms with Crippen LogP contribution in [-0.4, -0.2) is 33.4 Å². The van der Waals surface area contributed by atoms with Crippen molar-refractivity contribution in [3.8, 4) is 0 Å². The Bertz CT molecular complexity index is 318. The summed E-state index contributed by atoms with van der Waals surface area (Å²) >= 11 is 0. The molecule has 0 radical (unpaired) electrons. The number of aromatic nitrogens is 2. The van der Waals surface area contributed by atoms with E-state index in [0.29, 0.717) is 0 Å². The molecule has 1 aromatic heterocycles. The second-order valence-corrected chi connectivity index (χ2v) is 4.40. The summed E-state index contributed by atoms with van der Waals surface area (Å²) in [6.07, 6.45) is 6.02. The molecule has 3 N–H and O–H groups in total. The third-order valence-electron chi connectivity index (χ3n) is 3.05. The average molecular weight is 224 g/mol. The van der Waals surface area contributed by atoms with E-state index in [1.165, 1.54) is 25.7 Å². The van der Waals surface area contributed by atoms with Gasteiger partial charge in [0.25, 0.3) is 0 Å². The first-order chi connectivity index (χ1) is 7.77. The van der Waals surface area contributed by atoms with Crippen LogP contribution in [0.3, 0.4) is 0 Å². The van der Waals surface area contributed by atoms with Gasteiger partial charge in [0.2, 0.25) is 0 Å². The Morgan fingerprint density at radius 2 is 2.06 bits per heavy atom. The lowest BCUT2D eigenvalue weighted by atomic mass is 10.2. The molecular formula is C11H20N4O. The molecule has 0 spiro atoms. The summed E-state index contributed by atoms with van der Waals surface area (Å²) in [7, 11) is 0. The van der Waals surface area contributed by atoms with Gasteiger partial charge in [0.1, 0.15) is 0 Å². The third-order valence-corrected chi connectivity index (χ3v) is 3.05. The van der Waals surface area contributed by atoms with Gasteiger partial charge in [-0.05, 0) is 25.3 Å². The second-order valence-electron chi connectivity index (χ2n) is 4.40. The zero-order valence-electron chi connectivity index (χ0n) is 9.74. The van der Waals surface area contributed by atoms with E-state index in [9.17, 15) is 5.11 Å². The van der Waals surface area contributed by atoms with E-state index in [4.69, 9.17) is 0 Å². The third kappa shape index (κ3) is 2.81. The zero-order chi connectivity index (χ0) is 11.4. The zero-order valence-corrected chi connectivity index (χ0v) is 9.74. The Balaban J connectivity index is 1.91. The maximum atomic E-state index is 10.0. The van der Waals surface area contributed by atoms with Gasteiger partial charge in [0, 0.05) is 13.1 Å². The molecule has 0 bridgehead atoms. The summed E-state index contributed by atoms with van der Waals surface area (Å²) in [5, 5.41) is 18.9. The van der Waals surface area contributed by atoms with E-state index in [2.05, 4.69) is 20.6 Å². The predicted molar refractivity (Wildman–Crippen MR) is 61.5 cm³/mol. The first-order valence-electron chi connectivity index (χ1n) is 5.96. The smallest absolute Gasteiger partial charge is 0.160 e. The van der Waals surface area contributed by atoms with Crippen LogP contribution in [0.5, 0.6) is 0 Å². The summed E-state index contributed by atoms with van der Waals surface area (Å²) in [5.74, 6) is 0. The number of H-pyrrole nitrogens is 1. The van der Waals surface area contributed by atoms with Crippen LogP contribution in [0.1, 0.15) is 43.2 Å². The van der Waals surface area contributed by atoms with Crippen molar-refractivity contribution in [1.29, 1.82) is 0 Å². The highest BCUT2D eigenvalue weighted by atomic mass is 16.3. The minimum Gasteiger partial charge on any atom is -0.371 e. The molecule has 1 unspecified atom stereocenters. The number of aromatic amines is 1. The van der Waals surface area contributed by atoms with Crippen molar-refractivity contribution in [3.63, 3.8) is 0 Å². The Labute approximate surface area is 95.8 Å². The number of nitrogens with one attached hydrogen (secondary N) is 2. The van der Waals surface area contributed by atoms with Crippen LogP contribution < -0.4 is 5.43 Å². The Morgan fingerprint density at radius 1 is 1.38 bits per heavy atom. The molecule has 0 aromatic carbocycles. The van der Waals surface area contributed by atoms with Crippen molar-refractivity contribution in [1.82, 2.24) is 20.6 Å². The Morgan fingerprint density at radius 3 is 2.62 bits per heavy atom. The summed E-state index contributed by atoms with van der Waals surface area (Å²) < 4.78 is 0. The average Bonchev–Trinajstić information content (AvgIpc) is 2.53. The van der Waals surface area contributed by atoms with Crippen LogP contribution in [-0.2, 0) is 0 Å². The number of aryl methyl sites for hydroxylation is 1. The maximum Gasteiger partial charge on any atom is 0.160 e. The van der Waals surface area contributed by atoms with E-state index >= 15 is 0 Å². The van der Waals surface area contributed by atoms with Crippen LogP contribution in [0.4, 0.5) is 0 Å². The minimum absolute atomic E-state index is 0.680. The number of rotatable bonds is 3. The minimum atomic E-state index is -0.680. The molecular weight excluding hydrogens is 204 g/mol. The van der Waals surface area contributed by atoms with E-state index in [1.54, 1.807) is 6.20 Å². The molecule has 1 aliphatic heterocycles. The Kier molecular flexibility index (Phi) is 3.93. The number of hydrogen-bond donors (Lipinski definition) is 3. The molecule has 0 aliphatic carbocycles. The fraction of sp³-hybridized carbons (Fsp3) is 0.727. The van der Waals surface area contributed by atoms with Gasteiger partial charge in [-0.1, -0.05) is 12.8 Å². The molecule has 2 heterocycles. The number of aliphatic hydroxyl groups excluding tert-OH is 1. The number of hydrogen-bond acceptors (Lipinski definition) is 4. The summed E-state index contributed by atoms with van der Waals surface area (Å²) in [4.78, 5) is 0. The van der Waals surface area contributed by atoms with Gasteiger partial charge in [-0.25, -0.2) is 10.4 Å². The summed E-state index contributed by atoms with van der Waals surface area (Å²) in [5.41, 5.74) is 4.85. The number of nitrogens with zero attached hydrogens (tertiary/aromatic N) is 2. The van der Waals surface area contributed by atoms with E-state index in [-0.39, 0.29) is 0 Å².